The zero-order chi connectivity index (χ0) is 15.4. The third-order valence-electron chi connectivity index (χ3n) is 3.66. The second kappa shape index (κ2) is 6.31. The van der Waals surface area contributed by atoms with Crippen LogP contribution in [0, 0.1) is 18.3 Å². The number of nitrogen functional groups attached to an aromatic ring is 1. The summed E-state index contributed by atoms with van der Waals surface area (Å²) in [6.45, 7) is 6.45. The SMILES string of the molecule is CC[C@@H](C)n1nc(OCc2ccccc2C)c(C#N)c1N. The van der Waals surface area contributed by atoms with Crippen LogP contribution in [0.4, 0.5) is 5.82 Å². The highest BCUT2D eigenvalue weighted by molar-refractivity contribution is 5.55. The van der Waals surface area contributed by atoms with Crippen molar-refractivity contribution in [2.45, 2.75) is 39.8 Å². The van der Waals surface area contributed by atoms with Crippen LogP contribution >= 0.6 is 0 Å². The average molecular weight is 284 g/mol. The van der Waals surface area contributed by atoms with Crippen molar-refractivity contribution in [3.8, 4) is 11.9 Å². The van der Waals surface area contributed by atoms with E-state index in [2.05, 4.69) is 11.2 Å². The fraction of sp³-hybridized carbons (Fsp3) is 0.375. The van der Waals surface area contributed by atoms with E-state index in [0.29, 0.717) is 23.9 Å². The maximum atomic E-state index is 9.26. The Morgan fingerprint density at radius 2 is 2.14 bits per heavy atom. The van der Waals surface area contributed by atoms with Gasteiger partial charge in [0, 0.05) is 0 Å². The highest BCUT2D eigenvalue weighted by Crippen LogP contribution is 2.27. The summed E-state index contributed by atoms with van der Waals surface area (Å²) in [5, 5.41) is 13.6. The van der Waals surface area contributed by atoms with Crippen LogP contribution in [0.15, 0.2) is 24.3 Å². The van der Waals surface area contributed by atoms with E-state index in [1.807, 2.05) is 45.0 Å². The molecule has 0 spiro atoms. The molecule has 2 rings (SSSR count). The van der Waals surface area contributed by atoms with E-state index >= 15 is 0 Å². The number of nitriles is 1. The molecule has 110 valence electrons. The second-order valence-electron chi connectivity index (χ2n) is 5.09. The lowest BCUT2D eigenvalue weighted by Crippen LogP contribution is -2.09. The Morgan fingerprint density at radius 1 is 1.43 bits per heavy atom. The van der Waals surface area contributed by atoms with E-state index in [1.54, 1.807) is 4.68 Å². The number of hydrogen-bond donors (Lipinski definition) is 1. The Hall–Kier alpha value is -2.48. The molecule has 21 heavy (non-hydrogen) atoms. The maximum Gasteiger partial charge on any atom is 0.253 e. The molecule has 0 aliphatic heterocycles. The molecule has 0 saturated heterocycles. The van der Waals surface area contributed by atoms with Crippen LogP contribution in [-0.4, -0.2) is 9.78 Å². The summed E-state index contributed by atoms with van der Waals surface area (Å²) >= 11 is 0. The number of benzene rings is 1. The van der Waals surface area contributed by atoms with Crippen LogP contribution < -0.4 is 10.5 Å². The maximum absolute atomic E-state index is 9.26. The van der Waals surface area contributed by atoms with Crippen LogP contribution in [0.5, 0.6) is 5.88 Å². The molecular weight excluding hydrogens is 264 g/mol. The van der Waals surface area contributed by atoms with Crippen molar-refractivity contribution >= 4 is 5.82 Å². The molecule has 1 heterocycles. The predicted molar refractivity (Wildman–Crippen MR) is 81.9 cm³/mol. The first kappa shape index (κ1) is 14.9. The lowest BCUT2D eigenvalue weighted by atomic mass is 10.1. The second-order valence-corrected chi connectivity index (χ2v) is 5.09. The molecule has 0 aliphatic rings. The Labute approximate surface area is 124 Å². The molecule has 2 N–H and O–H groups in total. The molecule has 0 bridgehead atoms. The largest absolute Gasteiger partial charge is 0.471 e. The number of anilines is 1. The van der Waals surface area contributed by atoms with E-state index in [9.17, 15) is 5.26 Å². The fourth-order valence-electron chi connectivity index (χ4n) is 2.06. The highest BCUT2D eigenvalue weighted by Gasteiger charge is 2.19. The molecule has 0 aliphatic carbocycles. The first-order valence-electron chi connectivity index (χ1n) is 7.03. The molecule has 2 aromatic rings. The number of aryl methyl sites for hydroxylation is 1. The van der Waals surface area contributed by atoms with Gasteiger partial charge in [-0.1, -0.05) is 31.2 Å². The average Bonchev–Trinajstić information content (AvgIpc) is 2.81. The van der Waals surface area contributed by atoms with E-state index in [-0.39, 0.29) is 6.04 Å². The lowest BCUT2D eigenvalue weighted by molar-refractivity contribution is 0.285. The van der Waals surface area contributed by atoms with Gasteiger partial charge in [-0.25, -0.2) is 4.68 Å². The number of ether oxygens (including phenoxy) is 1. The summed E-state index contributed by atoms with van der Waals surface area (Å²) in [4.78, 5) is 0. The van der Waals surface area contributed by atoms with Gasteiger partial charge in [0.05, 0.1) is 6.04 Å². The Morgan fingerprint density at radius 3 is 2.76 bits per heavy atom. The number of nitrogens with zero attached hydrogens (tertiary/aromatic N) is 3. The van der Waals surface area contributed by atoms with Gasteiger partial charge < -0.3 is 10.5 Å². The number of aromatic nitrogens is 2. The molecule has 0 unspecified atom stereocenters. The monoisotopic (exact) mass is 284 g/mol. The van der Waals surface area contributed by atoms with Gasteiger partial charge in [0.15, 0.2) is 5.56 Å². The molecular formula is C16H20N4O. The molecule has 5 heteroatoms. The molecule has 5 nitrogen and oxygen atoms in total. The summed E-state index contributed by atoms with van der Waals surface area (Å²) in [7, 11) is 0. The Kier molecular flexibility index (Phi) is 4.49. The summed E-state index contributed by atoms with van der Waals surface area (Å²) in [5.74, 6) is 0.671. The fourth-order valence-corrected chi connectivity index (χ4v) is 2.06. The summed E-state index contributed by atoms with van der Waals surface area (Å²) in [6.07, 6.45) is 0.883. The molecule has 1 atom stereocenters. The summed E-state index contributed by atoms with van der Waals surface area (Å²) < 4.78 is 7.38. The van der Waals surface area contributed by atoms with Crippen LogP contribution in [0.1, 0.15) is 43.0 Å². The van der Waals surface area contributed by atoms with Crippen molar-refractivity contribution in [1.29, 1.82) is 5.26 Å². The van der Waals surface area contributed by atoms with Crippen molar-refractivity contribution in [3.63, 3.8) is 0 Å². The van der Waals surface area contributed by atoms with Gasteiger partial charge in [0.2, 0.25) is 0 Å². The third-order valence-corrected chi connectivity index (χ3v) is 3.66. The zero-order valence-electron chi connectivity index (χ0n) is 12.6. The van der Waals surface area contributed by atoms with Crippen molar-refractivity contribution in [2.24, 2.45) is 0 Å². The summed E-state index contributed by atoms with van der Waals surface area (Å²) in [6, 6.07) is 10.2. The van der Waals surface area contributed by atoms with E-state index in [4.69, 9.17) is 10.5 Å². The van der Waals surface area contributed by atoms with Gasteiger partial charge in [0.25, 0.3) is 5.88 Å². The van der Waals surface area contributed by atoms with Crippen LogP contribution in [-0.2, 0) is 6.61 Å². The molecule has 0 fully saturated rings. The van der Waals surface area contributed by atoms with Gasteiger partial charge in [-0.15, -0.1) is 5.10 Å². The van der Waals surface area contributed by atoms with E-state index in [0.717, 1.165) is 17.5 Å². The smallest absolute Gasteiger partial charge is 0.253 e. The Balaban J connectivity index is 2.25. The minimum absolute atomic E-state index is 0.132. The highest BCUT2D eigenvalue weighted by atomic mass is 16.5. The lowest BCUT2D eigenvalue weighted by Gasteiger charge is -2.10. The normalized spacial score (nSPS) is 11.9. The number of hydrogen-bond acceptors (Lipinski definition) is 4. The standard InChI is InChI=1S/C16H20N4O/c1-4-12(3)20-15(18)14(9-17)16(19-20)21-10-13-8-6-5-7-11(13)2/h5-8,12H,4,10,18H2,1-3H3/t12-/m1/s1. The third kappa shape index (κ3) is 3.00. The summed E-state index contributed by atoms with van der Waals surface area (Å²) in [5.41, 5.74) is 8.51. The topological polar surface area (TPSA) is 76.9 Å². The van der Waals surface area contributed by atoms with Gasteiger partial charge in [-0.2, -0.15) is 5.26 Å². The van der Waals surface area contributed by atoms with Crippen LogP contribution in [0.25, 0.3) is 0 Å². The molecule has 1 aromatic carbocycles. The van der Waals surface area contributed by atoms with Crippen molar-refractivity contribution < 1.29 is 4.74 Å². The molecule has 0 saturated carbocycles. The quantitative estimate of drug-likeness (QED) is 0.914. The van der Waals surface area contributed by atoms with Crippen LogP contribution in [0.3, 0.4) is 0 Å². The van der Waals surface area contributed by atoms with Crippen molar-refractivity contribution in [3.05, 3.63) is 41.0 Å². The molecule has 0 amide bonds. The van der Waals surface area contributed by atoms with Gasteiger partial charge in [-0.05, 0) is 31.4 Å². The number of nitrogens with two attached hydrogens (primary N) is 1. The molecule has 0 radical (unpaired) electrons. The zero-order valence-corrected chi connectivity index (χ0v) is 12.6. The minimum atomic E-state index is 0.132. The van der Waals surface area contributed by atoms with E-state index in [1.165, 1.54) is 0 Å². The van der Waals surface area contributed by atoms with Crippen molar-refractivity contribution in [2.75, 3.05) is 5.73 Å². The van der Waals surface area contributed by atoms with Gasteiger partial charge in [0.1, 0.15) is 18.5 Å². The molecule has 1 aromatic heterocycles. The predicted octanol–water partition coefficient (Wildman–Crippen LogP) is 3.20. The van der Waals surface area contributed by atoms with E-state index < -0.39 is 0 Å². The van der Waals surface area contributed by atoms with Gasteiger partial charge >= 0.3 is 0 Å². The first-order chi connectivity index (χ1) is 10.1. The minimum Gasteiger partial charge on any atom is -0.471 e. The van der Waals surface area contributed by atoms with Crippen molar-refractivity contribution in [1.82, 2.24) is 9.78 Å². The first-order valence-corrected chi connectivity index (χ1v) is 7.03. The van der Waals surface area contributed by atoms with Gasteiger partial charge in [-0.3, -0.25) is 0 Å². The Bertz CT molecular complexity index is 669. The van der Waals surface area contributed by atoms with Crippen LogP contribution in [0.2, 0.25) is 0 Å². The number of rotatable bonds is 5.